The number of carbonyl (C=O) groups is 2. The van der Waals surface area contributed by atoms with Crippen molar-refractivity contribution in [3.05, 3.63) is 0 Å². The number of carbonyl (C=O) groups excluding carboxylic acids is 2. The van der Waals surface area contributed by atoms with Crippen LogP contribution in [0.2, 0.25) is 0 Å². The topological polar surface area (TPSA) is 46.6 Å². The molecule has 0 aromatic heterocycles. The lowest BCUT2D eigenvalue weighted by Gasteiger charge is -2.31. The average Bonchev–Trinajstić information content (AvgIpc) is 2.24. The molecule has 0 saturated heterocycles. The minimum atomic E-state index is -0.732. The lowest BCUT2D eigenvalue weighted by molar-refractivity contribution is -0.159. The van der Waals surface area contributed by atoms with Gasteiger partial charge in [-0.15, -0.1) is 0 Å². The van der Waals surface area contributed by atoms with Crippen molar-refractivity contribution in [2.75, 3.05) is 32.2 Å². The third-order valence-electron chi connectivity index (χ3n) is 2.64. The van der Waals surface area contributed by atoms with Crippen LogP contribution in [-0.4, -0.2) is 49.0 Å². The number of esters is 1. The Kier molecular flexibility index (Phi) is 7.36. The third-order valence-corrected chi connectivity index (χ3v) is 3.23. The molecular formula is C13H25NO3S. The quantitative estimate of drug-likeness (QED) is 0.550. The zero-order valence-corrected chi connectivity index (χ0v) is 13.1. The summed E-state index contributed by atoms with van der Waals surface area (Å²) in [6, 6.07) is 0. The molecular weight excluding hydrogens is 250 g/mol. The van der Waals surface area contributed by atoms with Gasteiger partial charge in [-0.05, 0) is 18.6 Å². The van der Waals surface area contributed by atoms with Crippen LogP contribution < -0.4 is 0 Å². The number of nitrogens with zero attached hydrogens (tertiary/aromatic N) is 1. The van der Waals surface area contributed by atoms with Gasteiger partial charge >= 0.3 is 5.97 Å². The molecule has 0 aromatic rings. The number of ether oxygens (including phenoxy) is 1. The maximum absolute atomic E-state index is 12.3. The summed E-state index contributed by atoms with van der Waals surface area (Å²) in [6.45, 7) is 8.34. The molecule has 18 heavy (non-hydrogen) atoms. The Morgan fingerprint density at radius 2 is 1.89 bits per heavy atom. The molecule has 0 fully saturated rings. The van der Waals surface area contributed by atoms with Crippen molar-refractivity contribution in [1.82, 2.24) is 4.90 Å². The molecule has 5 heteroatoms. The van der Waals surface area contributed by atoms with Crippen molar-refractivity contribution in [2.24, 2.45) is 11.3 Å². The van der Waals surface area contributed by atoms with Gasteiger partial charge < -0.3 is 9.64 Å². The van der Waals surface area contributed by atoms with E-state index in [9.17, 15) is 9.59 Å². The second-order valence-electron chi connectivity index (χ2n) is 5.30. The summed E-state index contributed by atoms with van der Waals surface area (Å²) in [7, 11) is 1.73. The average molecular weight is 275 g/mol. The fraction of sp³-hybridized carbons (Fsp3) is 0.846. The first-order chi connectivity index (χ1) is 8.25. The molecule has 0 heterocycles. The van der Waals surface area contributed by atoms with E-state index in [1.54, 1.807) is 30.6 Å². The van der Waals surface area contributed by atoms with Crippen LogP contribution in [0.25, 0.3) is 0 Å². The minimum absolute atomic E-state index is 0.157. The second-order valence-corrected chi connectivity index (χ2v) is 6.29. The molecule has 1 unspecified atom stereocenters. The van der Waals surface area contributed by atoms with E-state index in [0.29, 0.717) is 13.2 Å². The Hall–Kier alpha value is -0.710. The first-order valence-corrected chi connectivity index (χ1v) is 7.55. The standard InChI is InChI=1S/C13H25NO3S/c1-7-17-12(16)10(13(2,3)4)11(15)14(5)8-9-18-6/h10H,7-9H2,1-6H3. The van der Waals surface area contributed by atoms with Gasteiger partial charge in [-0.2, -0.15) is 11.8 Å². The van der Waals surface area contributed by atoms with Crippen LogP contribution in [0.5, 0.6) is 0 Å². The van der Waals surface area contributed by atoms with Crippen LogP contribution in [-0.2, 0) is 14.3 Å². The van der Waals surface area contributed by atoms with Gasteiger partial charge in [0.1, 0.15) is 5.92 Å². The summed E-state index contributed by atoms with van der Waals surface area (Å²) in [6.07, 6.45) is 1.99. The van der Waals surface area contributed by atoms with Crippen molar-refractivity contribution in [3.63, 3.8) is 0 Å². The van der Waals surface area contributed by atoms with Gasteiger partial charge in [-0.25, -0.2) is 0 Å². The van der Waals surface area contributed by atoms with Gasteiger partial charge in [0.2, 0.25) is 5.91 Å². The molecule has 0 rings (SSSR count). The highest BCUT2D eigenvalue weighted by Crippen LogP contribution is 2.28. The van der Waals surface area contributed by atoms with E-state index in [1.807, 2.05) is 27.0 Å². The molecule has 0 aliphatic carbocycles. The third kappa shape index (κ3) is 5.29. The molecule has 0 aliphatic rings. The van der Waals surface area contributed by atoms with E-state index in [0.717, 1.165) is 5.75 Å². The van der Waals surface area contributed by atoms with Gasteiger partial charge in [0.15, 0.2) is 0 Å². The maximum atomic E-state index is 12.3. The monoisotopic (exact) mass is 275 g/mol. The number of amides is 1. The highest BCUT2D eigenvalue weighted by atomic mass is 32.2. The molecule has 0 bridgehead atoms. The normalized spacial score (nSPS) is 13.0. The van der Waals surface area contributed by atoms with Gasteiger partial charge in [0.25, 0.3) is 0 Å². The molecule has 0 aromatic carbocycles. The first kappa shape index (κ1) is 17.3. The van der Waals surface area contributed by atoms with Gasteiger partial charge in [0, 0.05) is 19.3 Å². The zero-order chi connectivity index (χ0) is 14.3. The summed E-state index contributed by atoms with van der Waals surface area (Å²) in [5, 5.41) is 0. The van der Waals surface area contributed by atoms with Crippen LogP contribution in [0.15, 0.2) is 0 Å². The van der Waals surface area contributed by atoms with Crippen LogP contribution in [0.4, 0.5) is 0 Å². The maximum Gasteiger partial charge on any atom is 0.319 e. The molecule has 0 N–H and O–H groups in total. The smallest absolute Gasteiger partial charge is 0.319 e. The van der Waals surface area contributed by atoms with Gasteiger partial charge in [0.05, 0.1) is 6.61 Å². The molecule has 0 aliphatic heterocycles. The number of thioether (sulfide) groups is 1. The van der Waals surface area contributed by atoms with Crippen molar-refractivity contribution >= 4 is 23.6 Å². The van der Waals surface area contributed by atoms with Crippen molar-refractivity contribution in [2.45, 2.75) is 27.7 Å². The summed E-state index contributed by atoms with van der Waals surface area (Å²) >= 11 is 1.68. The van der Waals surface area contributed by atoms with Crippen LogP contribution >= 0.6 is 11.8 Å². The van der Waals surface area contributed by atoms with E-state index < -0.39 is 17.3 Å². The predicted molar refractivity (Wildman–Crippen MR) is 75.6 cm³/mol. The molecule has 0 saturated carbocycles. The number of hydrogen-bond acceptors (Lipinski definition) is 4. The van der Waals surface area contributed by atoms with E-state index in [2.05, 4.69) is 0 Å². The minimum Gasteiger partial charge on any atom is -0.465 e. The number of hydrogen-bond donors (Lipinski definition) is 0. The second kappa shape index (κ2) is 7.67. The van der Waals surface area contributed by atoms with Crippen LogP contribution in [0.3, 0.4) is 0 Å². The lowest BCUT2D eigenvalue weighted by Crippen LogP contribution is -2.45. The van der Waals surface area contributed by atoms with Crippen LogP contribution in [0, 0.1) is 11.3 Å². The number of rotatable bonds is 6. The molecule has 0 radical (unpaired) electrons. The Morgan fingerprint density at radius 1 is 1.33 bits per heavy atom. The van der Waals surface area contributed by atoms with E-state index in [4.69, 9.17) is 4.74 Å². The summed E-state index contributed by atoms with van der Waals surface area (Å²) in [5.74, 6) is -0.452. The Balaban J connectivity index is 4.86. The van der Waals surface area contributed by atoms with Crippen molar-refractivity contribution in [3.8, 4) is 0 Å². The molecule has 1 amide bonds. The van der Waals surface area contributed by atoms with Crippen molar-refractivity contribution in [1.29, 1.82) is 0 Å². The van der Waals surface area contributed by atoms with Gasteiger partial charge in [-0.3, -0.25) is 9.59 Å². The first-order valence-electron chi connectivity index (χ1n) is 6.16. The van der Waals surface area contributed by atoms with Gasteiger partial charge in [-0.1, -0.05) is 20.8 Å². The zero-order valence-electron chi connectivity index (χ0n) is 12.3. The largest absolute Gasteiger partial charge is 0.465 e. The fourth-order valence-corrected chi connectivity index (χ4v) is 2.07. The Bertz CT molecular complexity index is 286. The molecule has 0 spiro atoms. The molecule has 1 atom stereocenters. The molecule has 106 valence electrons. The Morgan fingerprint density at radius 3 is 2.28 bits per heavy atom. The van der Waals surface area contributed by atoms with E-state index >= 15 is 0 Å². The summed E-state index contributed by atoms with van der Waals surface area (Å²) in [5.41, 5.74) is -0.434. The summed E-state index contributed by atoms with van der Waals surface area (Å²) < 4.78 is 5.01. The van der Waals surface area contributed by atoms with E-state index in [1.165, 1.54) is 0 Å². The molecule has 4 nitrogen and oxygen atoms in total. The highest BCUT2D eigenvalue weighted by Gasteiger charge is 2.40. The summed E-state index contributed by atoms with van der Waals surface area (Å²) in [4.78, 5) is 25.9. The SMILES string of the molecule is CCOC(=O)C(C(=O)N(C)CCSC)C(C)(C)C. The van der Waals surface area contributed by atoms with E-state index in [-0.39, 0.29) is 5.91 Å². The predicted octanol–water partition coefficient (Wildman–Crippen LogP) is 2.03. The fourth-order valence-electron chi connectivity index (χ4n) is 1.61. The Labute approximate surface area is 114 Å². The van der Waals surface area contributed by atoms with Crippen LogP contribution in [0.1, 0.15) is 27.7 Å². The lowest BCUT2D eigenvalue weighted by atomic mass is 9.80. The van der Waals surface area contributed by atoms with Crippen molar-refractivity contribution < 1.29 is 14.3 Å². The highest BCUT2D eigenvalue weighted by molar-refractivity contribution is 7.98.